The lowest BCUT2D eigenvalue weighted by atomic mass is 10.1. The number of halogens is 4. The molecule has 1 unspecified atom stereocenters. The van der Waals surface area contributed by atoms with Crippen molar-refractivity contribution in [1.82, 2.24) is 0 Å². The van der Waals surface area contributed by atoms with Crippen molar-refractivity contribution in [2.75, 3.05) is 17.2 Å². The summed E-state index contributed by atoms with van der Waals surface area (Å²) in [6.45, 7) is -0.154. The van der Waals surface area contributed by atoms with E-state index in [1.54, 1.807) is 0 Å². The van der Waals surface area contributed by atoms with Gasteiger partial charge in [0.25, 0.3) is 0 Å². The molecule has 2 N–H and O–H groups in total. The standard InChI is InChI=1S/C12H12ClF3N2O3S/c13-8-1-2-9(12(14,15)16)10(4-8)18-5-7(3-11(18)19)6-22(17,20)21/h1-2,4,7H,3,5-6H2,(H2,17,20,21). The highest BCUT2D eigenvalue weighted by atomic mass is 35.5. The van der Waals surface area contributed by atoms with Gasteiger partial charge < -0.3 is 4.90 Å². The topological polar surface area (TPSA) is 80.5 Å². The fourth-order valence-corrected chi connectivity index (χ4v) is 3.47. The molecule has 1 fully saturated rings. The number of nitrogens with zero attached hydrogens (tertiary/aromatic N) is 1. The summed E-state index contributed by atoms with van der Waals surface area (Å²) in [4.78, 5) is 12.8. The number of nitrogens with two attached hydrogens (primary N) is 1. The van der Waals surface area contributed by atoms with Crippen molar-refractivity contribution in [1.29, 1.82) is 0 Å². The van der Waals surface area contributed by atoms with E-state index in [9.17, 15) is 26.4 Å². The monoisotopic (exact) mass is 356 g/mol. The van der Waals surface area contributed by atoms with Gasteiger partial charge in [-0.3, -0.25) is 4.79 Å². The zero-order valence-corrected chi connectivity index (χ0v) is 12.7. The predicted molar refractivity (Wildman–Crippen MR) is 74.9 cm³/mol. The number of sulfonamides is 1. The lowest BCUT2D eigenvalue weighted by Gasteiger charge is -2.22. The molecule has 1 saturated heterocycles. The van der Waals surface area contributed by atoms with E-state index in [4.69, 9.17) is 16.7 Å². The van der Waals surface area contributed by atoms with E-state index in [1.807, 2.05) is 0 Å². The number of benzene rings is 1. The van der Waals surface area contributed by atoms with Crippen LogP contribution in [-0.4, -0.2) is 26.6 Å². The normalized spacial score (nSPS) is 19.8. The van der Waals surface area contributed by atoms with Crippen LogP contribution in [0.3, 0.4) is 0 Å². The molecule has 1 aromatic rings. The average Bonchev–Trinajstić information content (AvgIpc) is 2.65. The SMILES string of the molecule is NS(=O)(=O)CC1CC(=O)N(c2cc(Cl)ccc2C(F)(F)F)C1. The molecule has 0 radical (unpaired) electrons. The van der Waals surface area contributed by atoms with Gasteiger partial charge >= 0.3 is 6.18 Å². The maximum atomic E-state index is 13.0. The van der Waals surface area contributed by atoms with Gasteiger partial charge in [0, 0.05) is 23.9 Å². The minimum atomic E-state index is -4.65. The van der Waals surface area contributed by atoms with Crippen LogP contribution in [0, 0.1) is 5.92 Å². The molecule has 0 bridgehead atoms. The molecule has 1 heterocycles. The second kappa shape index (κ2) is 5.71. The summed E-state index contributed by atoms with van der Waals surface area (Å²) in [6.07, 6.45) is -4.83. The minimum Gasteiger partial charge on any atom is -0.311 e. The summed E-state index contributed by atoms with van der Waals surface area (Å²) < 4.78 is 61.2. The number of hydrogen-bond donors (Lipinski definition) is 1. The molecule has 10 heteroatoms. The Morgan fingerprint density at radius 3 is 2.55 bits per heavy atom. The molecule has 1 atom stereocenters. The van der Waals surface area contributed by atoms with E-state index in [2.05, 4.69) is 0 Å². The van der Waals surface area contributed by atoms with Gasteiger partial charge in [-0.15, -0.1) is 0 Å². The number of carbonyl (C=O) groups excluding carboxylic acids is 1. The van der Waals surface area contributed by atoms with E-state index in [0.717, 1.165) is 23.1 Å². The summed E-state index contributed by atoms with van der Waals surface area (Å²) in [5.74, 6) is -1.71. The lowest BCUT2D eigenvalue weighted by molar-refractivity contribution is -0.137. The maximum Gasteiger partial charge on any atom is 0.418 e. The fraction of sp³-hybridized carbons (Fsp3) is 0.417. The molecule has 0 spiro atoms. The Morgan fingerprint density at radius 1 is 1.36 bits per heavy atom. The zero-order valence-electron chi connectivity index (χ0n) is 11.1. The molecule has 2 rings (SSSR count). The van der Waals surface area contributed by atoms with Crippen molar-refractivity contribution in [3.63, 3.8) is 0 Å². The van der Waals surface area contributed by atoms with Crippen LogP contribution in [0.4, 0.5) is 18.9 Å². The van der Waals surface area contributed by atoms with Crippen molar-refractivity contribution in [2.24, 2.45) is 11.1 Å². The molecule has 0 aromatic heterocycles. The van der Waals surface area contributed by atoms with Gasteiger partial charge in [0.05, 0.1) is 17.0 Å². The number of hydrogen-bond acceptors (Lipinski definition) is 3. The molecule has 0 aliphatic carbocycles. The van der Waals surface area contributed by atoms with Gasteiger partial charge in [-0.05, 0) is 18.2 Å². The summed E-state index contributed by atoms with van der Waals surface area (Å²) in [5.41, 5.74) is -1.37. The first-order chi connectivity index (χ1) is 9.97. The molecule has 0 saturated carbocycles. The van der Waals surface area contributed by atoms with Crippen LogP contribution in [0.1, 0.15) is 12.0 Å². The molecule has 1 amide bonds. The molecule has 22 heavy (non-hydrogen) atoms. The molecule has 1 aliphatic rings. The van der Waals surface area contributed by atoms with Crippen LogP contribution in [-0.2, 0) is 21.0 Å². The quantitative estimate of drug-likeness (QED) is 0.899. The Balaban J connectivity index is 2.36. The molecule has 122 valence electrons. The predicted octanol–water partition coefficient (Wildman–Crippen LogP) is 2.00. The van der Waals surface area contributed by atoms with Crippen molar-refractivity contribution in [3.05, 3.63) is 28.8 Å². The molecular weight excluding hydrogens is 345 g/mol. The maximum absolute atomic E-state index is 13.0. The van der Waals surface area contributed by atoms with Crippen LogP contribution in [0.5, 0.6) is 0 Å². The number of anilines is 1. The van der Waals surface area contributed by atoms with E-state index in [1.165, 1.54) is 0 Å². The zero-order chi connectivity index (χ0) is 16.7. The van der Waals surface area contributed by atoms with Crippen LogP contribution in [0.25, 0.3) is 0 Å². The van der Waals surface area contributed by atoms with Gasteiger partial charge in [0.15, 0.2) is 0 Å². The Hall–Kier alpha value is -1.32. The molecular formula is C12H12ClF3N2O3S. The number of rotatable bonds is 3. The Labute approximate surface area is 129 Å². The summed E-state index contributed by atoms with van der Waals surface area (Å²) >= 11 is 5.71. The van der Waals surface area contributed by atoms with Gasteiger partial charge in [-0.25, -0.2) is 13.6 Å². The highest BCUT2D eigenvalue weighted by Gasteiger charge is 2.39. The summed E-state index contributed by atoms with van der Waals surface area (Å²) in [7, 11) is -3.81. The number of amides is 1. The van der Waals surface area contributed by atoms with Gasteiger partial charge in [-0.2, -0.15) is 13.2 Å². The highest BCUT2D eigenvalue weighted by molar-refractivity contribution is 7.89. The van der Waals surface area contributed by atoms with Crippen LogP contribution in [0.2, 0.25) is 5.02 Å². The number of primary sulfonamides is 1. The Morgan fingerprint density at radius 2 is 2.00 bits per heavy atom. The van der Waals surface area contributed by atoms with Crippen molar-refractivity contribution in [2.45, 2.75) is 12.6 Å². The van der Waals surface area contributed by atoms with E-state index in [-0.39, 0.29) is 23.7 Å². The van der Waals surface area contributed by atoms with Crippen LogP contribution in [0.15, 0.2) is 18.2 Å². The van der Waals surface area contributed by atoms with Crippen molar-refractivity contribution < 1.29 is 26.4 Å². The van der Waals surface area contributed by atoms with Gasteiger partial charge in [-0.1, -0.05) is 11.6 Å². The van der Waals surface area contributed by atoms with Gasteiger partial charge in [0.2, 0.25) is 15.9 Å². The van der Waals surface area contributed by atoms with E-state index in [0.29, 0.717) is 0 Å². The average molecular weight is 357 g/mol. The third-order valence-electron chi connectivity index (χ3n) is 3.23. The first-order valence-corrected chi connectivity index (χ1v) is 8.24. The Bertz CT molecular complexity index is 706. The number of carbonyl (C=O) groups is 1. The van der Waals surface area contributed by atoms with Crippen molar-refractivity contribution in [3.8, 4) is 0 Å². The fourth-order valence-electron chi connectivity index (χ4n) is 2.42. The lowest BCUT2D eigenvalue weighted by Crippen LogP contribution is -2.29. The minimum absolute atomic E-state index is 0.0469. The Kier molecular flexibility index (Phi) is 4.42. The molecule has 1 aliphatic heterocycles. The smallest absolute Gasteiger partial charge is 0.311 e. The molecule has 1 aromatic carbocycles. The van der Waals surface area contributed by atoms with Crippen molar-refractivity contribution >= 4 is 33.2 Å². The second-order valence-corrected chi connectivity index (χ2v) is 7.16. The first-order valence-electron chi connectivity index (χ1n) is 6.15. The van der Waals surface area contributed by atoms with E-state index < -0.39 is 39.3 Å². The largest absolute Gasteiger partial charge is 0.418 e. The molecule has 5 nitrogen and oxygen atoms in total. The van der Waals surface area contributed by atoms with Gasteiger partial charge in [0.1, 0.15) is 0 Å². The second-order valence-electron chi connectivity index (χ2n) is 5.06. The summed E-state index contributed by atoms with van der Waals surface area (Å²) in [6, 6.07) is 2.91. The highest BCUT2D eigenvalue weighted by Crippen LogP contribution is 2.40. The third-order valence-corrected chi connectivity index (χ3v) is 4.40. The number of alkyl halides is 3. The van der Waals surface area contributed by atoms with Crippen LogP contribution < -0.4 is 10.0 Å². The third kappa shape index (κ3) is 3.90. The van der Waals surface area contributed by atoms with Crippen LogP contribution >= 0.6 is 11.6 Å². The van der Waals surface area contributed by atoms with E-state index >= 15 is 0 Å². The first kappa shape index (κ1) is 17.0. The summed E-state index contributed by atoms with van der Waals surface area (Å²) in [5, 5.41) is 4.96.